The molecule has 3 heteroatoms. The van der Waals surface area contributed by atoms with Crippen molar-refractivity contribution in [2.75, 3.05) is 0 Å². The topological polar surface area (TPSA) is 25.8 Å². The van der Waals surface area contributed by atoms with Gasteiger partial charge in [0.25, 0.3) is 0 Å². The van der Waals surface area contributed by atoms with Gasteiger partial charge in [0.1, 0.15) is 10.8 Å². The molecule has 0 saturated heterocycles. The van der Waals surface area contributed by atoms with Gasteiger partial charge in [0.2, 0.25) is 0 Å². The molecule has 0 atom stereocenters. The molecule has 0 aliphatic heterocycles. The van der Waals surface area contributed by atoms with Gasteiger partial charge in [-0.3, -0.25) is 0 Å². The summed E-state index contributed by atoms with van der Waals surface area (Å²) in [5.41, 5.74) is 2.57. The summed E-state index contributed by atoms with van der Waals surface area (Å²) in [5, 5.41) is 1.04. The largest absolute Gasteiger partial charge is 0.219 e. The summed E-state index contributed by atoms with van der Waals surface area (Å²) in [6, 6.07) is 8.47. The maximum absolute atomic E-state index is 4.63. The van der Waals surface area contributed by atoms with Crippen molar-refractivity contribution in [1.29, 1.82) is 0 Å². The number of hydrogen-bond donors (Lipinski definition) is 0. The molecule has 0 radical (unpaired) electrons. The average molecular weight is 246 g/mol. The lowest BCUT2D eigenvalue weighted by molar-refractivity contribution is 0.799. The van der Waals surface area contributed by atoms with Gasteiger partial charge in [0.05, 0.1) is 0 Å². The van der Waals surface area contributed by atoms with E-state index in [0.717, 1.165) is 10.8 Å². The lowest BCUT2D eigenvalue weighted by atomic mass is 9.98. The minimum Gasteiger partial charge on any atom is -0.219 e. The van der Waals surface area contributed by atoms with Crippen LogP contribution in [0, 0.1) is 0 Å². The van der Waals surface area contributed by atoms with Crippen molar-refractivity contribution >= 4 is 11.5 Å². The lowest BCUT2D eigenvalue weighted by Gasteiger charge is -2.09. The SMILES string of the molecule is CC(C)c1nsc(-c2ccccc2C(C)C)n1. The molecule has 2 nitrogen and oxygen atoms in total. The summed E-state index contributed by atoms with van der Waals surface area (Å²) in [5.74, 6) is 1.85. The maximum Gasteiger partial charge on any atom is 0.145 e. The molecular weight excluding hydrogens is 228 g/mol. The molecular formula is C14H18N2S. The van der Waals surface area contributed by atoms with Crippen molar-refractivity contribution < 1.29 is 0 Å². The molecule has 0 bridgehead atoms. The van der Waals surface area contributed by atoms with Gasteiger partial charge >= 0.3 is 0 Å². The van der Waals surface area contributed by atoms with Crippen LogP contribution in [0.2, 0.25) is 0 Å². The molecule has 0 aliphatic rings. The number of benzene rings is 1. The second-order valence-electron chi connectivity index (χ2n) is 4.85. The van der Waals surface area contributed by atoms with Crippen molar-refractivity contribution in [3.8, 4) is 10.6 Å². The molecule has 0 aliphatic carbocycles. The van der Waals surface area contributed by atoms with Crippen LogP contribution in [-0.4, -0.2) is 9.36 Å². The van der Waals surface area contributed by atoms with Crippen molar-refractivity contribution in [3.05, 3.63) is 35.7 Å². The summed E-state index contributed by atoms with van der Waals surface area (Å²) in [7, 11) is 0. The fourth-order valence-electron chi connectivity index (χ4n) is 1.77. The van der Waals surface area contributed by atoms with Crippen LogP contribution in [0.5, 0.6) is 0 Å². The Labute approximate surface area is 107 Å². The van der Waals surface area contributed by atoms with Gasteiger partial charge in [-0.05, 0) is 23.0 Å². The average Bonchev–Trinajstić information content (AvgIpc) is 2.78. The number of rotatable bonds is 3. The molecule has 0 spiro atoms. The monoisotopic (exact) mass is 246 g/mol. The smallest absolute Gasteiger partial charge is 0.145 e. The Morgan fingerprint density at radius 1 is 1.00 bits per heavy atom. The zero-order valence-corrected chi connectivity index (χ0v) is 11.6. The maximum atomic E-state index is 4.63. The Kier molecular flexibility index (Phi) is 3.57. The molecule has 17 heavy (non-hydrogen) atoms. The van der Waals surface area contributed by atoms with Crippen LogP contribution in [0.4, 0.5) is 0 Å². The zero-order chi connectivity index (χ0) is 12.4. The minimum atomic E-state index is 0.395. The van der Waals surface area contributed by atoms with E-state index < -0.39 is 0 Å². The zero-order valence-electron chi connectivity index (χ0n) is 10.8. The Balaban J connectivity index is 2.45. The number of aromatic nitrogens is 2. The molecule has 0 N–H and O–H groups in total. The van der Waals surface area contributed by atoms with Crippen molar-refractivity contribution in [1.82, 2.24) is 9.36 Å². The van der Waals surface area contributed by atoms with Crippen molar-refractivity contribution in [2.45, 2.75) is 39.5 Å². The highest BCUT2D eigenvalue weighted by molar-refractivity contribution is 7.09. The Morgan fingerprint density at radius 2 is 1.71 bits per heavy atom. The van der Waals surface area contributed by atoms with Gasteiger partial charge in [-0.25, -0.2) is 4.98 Å². The number of hydrogen-bond acceptors (Lipinski definition) is 3. The van der Waals surface area contributed by atoms with E-state index in [1.807, 2.05) is 0 Å². The summed E-state index contributed by atoms with van der Waals surface area (Å²) < 4.78 is 4.42. The van der Waals surface area contributed by atoms with E-state index in [-0.39, 0.29) is 0 Å². The summed E-state index contributed by atoms with van der Waals surface area (Å²) in [4.78, 5) is 4.63. The molecule has 0 amide bonds. The second-order valence-corrected chi connectivity index (χ2v) is 5.61. The van der Waals surface area contributed by atoms with E-state index in [1.165, 1.54) is 22.7 Å². The normalized spacial score (nSPS) is 11.4. The Morgan fingerprint density at radius 3 is 2.29 bits per heavy atom. The van der Waals surface area contributed by atoms with Gasteiger partial charge < -0.3 is 0 Å². The molecule has 1 heterocycles. The predicted molar refractivity (Wildman–Crippen MR) is 73.5 cm³/mol. The quantitative estimate of drug-likeness (QED) is 0.799. The van der Waals surface area contributed by atoms with E-state index in [0.29, 0.717) is 11.8 Å². The van der Waals surface area contributed by atoms with Crippen LogP contribution in [0.15, 0.2) is 24.3 Å². The number of nitrogens with zero attached hydrogens (tertiary/aromatic N) is 2. The van der Waals surface area contributed by atoms with Gasteiger partial charge in [0, 0.05) is 11.5 Å². The molecule has 2 aromatic rings. The van der Waals surface area contributed by atoms with E-state index in [1.54, 1.807) is 0 Å². The van der Waals surface area contributed by atoms with Crippen LogP contribution >= 0.6 is 11.5 Å². The van der Waals surface area contributed by atoms with Crippen LogP contribution in [0.25, 0.3) is 10.6 Å². The second kappa shape index (κ2) is 4.96. The Bertz CT molecular complexity index is 500. The molecule has 0 unspecified atom stereocenters. The fourth-order valence-corrected chi connectivity index (χ4v) is 2.62. The van der Waals surface area contributed by atoms with Crippen LogP contribution < -0.4 is 0 Å². The van der Waals surface area contributed by atoms with Gasteiger partial charge in [-0.1, -0.05) is 52.0 Å². The first-order chi connectivity index (χ1) is 8.09. The summed E-state index contributed by atoms with van der Waals surface area (Å²) in [6.45, 7) is 8.67. The fraction of sp³-hybridized carbons (Fsp3) is 0.429. The molecule has 0 fully saturated rings. The first kappa shape index (κ1) is 12.2. The first-order valence-corrected chi connectivity index (χ1v) is 6.80. The van der Waals surface area contributed by atoms with Gasteiger partial charge in [-0.2, -0.15) is 4.37 Å². The summed E-state index contributed by atoms with van der Waals surface area (Å²) >= 11 is 1.50. The van der Waals surface area contributed by atoms with Crippen molar-refractivity contribution in [2.24, 2.45) is 0 Å². The van der Waals surface area contributed by atoms with Gasteiger partial charge in [-0.15, -0.1) is 0 Å². The molecule has 0 saturated carbocycles. The molecule has 90 valence electrons. The minimum absolute atomic E-state index is 0.395. The molecule has 2 rings (SSSR count). The third kappa shape index (κ3) is 2.55. The first-order valence-electron chi connectivity index (χ1n) is 6.02. The van der Waals surface area contributed by atoms with E-state index in [4.69, 9.17) is 0 Å². The summed E-state index contributed by atoms with van der Waals surface area (Å²) in [6.07, 6.45) is 0. The molecule has 1 aromatic carbocycles. The highest BCUT2D eigenvalue weighted by atomic mass is 32.1. The Hall–Kier alpha value is -1.22. The van der Waals surface area contributed by atoms with E-state index in [2.05, 4.69) is 61.3 Å². The third-order valence-corrected chi connectivity index (χ3v) is 3.53. The van der Waals surface area contributed by atoms with E-state index in [9.17, 15) is 0 Å². The van der Waals surface area contributed by atoms with Crippen LogP contribution in [-0.2, 0) is 0 Å². The van der Waals surface area contributed by atoms with E-state index >= 15 is 0 Å². The third-order valence-electron chi connectivity index (χ3n) is 2.77. The highest BCUT2D eigenvalue weighted by Gasteiger charge is 2.13. The standard InChI is InChI=1S/C14H18N2S/c1-9(2)11-7-5-6-8-12(11)14-15-13(10(3)4)16-17-14/h5-10H,1-4H3. The highest BCUT2D eigenvalue weighted by Crippen LogP contribution is 2.30. The van der Waals surface area contributed by atoms with Gasteiger partial charge in [0.15, 0.2) is 0 Å². The van der Waals surface area contributed by atoms with Crippen molar-refractivity contribution in [3.63, 3.8) is 0 Å². The van der Waals surface area contributed by atoms with Crippen LogP contribution in [0.3, 0.4) is 0 Å². The predicted octanol–water partition coefficient (Wildman–Crippen LogP) is 4.45. The van der Waals surface area contributed by atoms with Crippen LogP contribution in [0.1, 0.15) is 50.9 Å². The molecule has 1 aromatic heterocycles. The lowest BCUT2D eigenvalue weighted by Crippen LogP contribution is -1.93.